The Bertz CT molecular complexity index is 918. The van der Waals surface area contributed by atoms with Crippen LogP contribution in [0.25, 0.3) is 0 Å². The van der Waals surface area contributed by atoms with Crippen LogP contribution in [0.2, 0.25) is 0 Å². The summed E-state index contributed by atoms with van der Waals surface area (Å²) in [5, 5.41) is 7.99. The molecule has 3 N–H and O–H groups in total. The molecule has 0 spiro atoms. The van der Waals surface area contributed by atoms with Crippen LogP contribution in [0, 0.1) is 11.8 Å². The predicted octanol–water partition coefficient (Wildman–Crippen LogP) is 2.87. The molecule has 0 aromatic heterocycles. The van der Waals surface area contributed by atoms with Gasteiger partial charge in [0.2, 0.25) is 5.91 Å². The van der Waals surface area contributed by atoms with Gasteiger partial charge in [-0.25, -0.2) is 4.79 Å². The van der Waals surface area contributed by atoms with Gasteiger partial charge in [0.05, 0.1) is 20.8 Å². The third-order valence-corrected chi connectivity index (χ3v) is 3.57. The van der Waals surface area contributed by atoms with Crippen molar-refractivity contribution >= 4 is 23.3 Å². The molecule has 2 aromatic carbocycles. The molecule has 0 radical (unpaired) electrons. The minimum absolute atomic E-state index is 0.153. The fourth-order valence-electron chi connectivity index (χ4n) is 2.31. The fourth-order valence-corrected chi connectivity index (χ4v) is 2.31. The Morgan fingerprint density at radius 3 is 2.41 bits per heavy atom. The highest BCUT2D eigenvalue weighted by molar-refractivity contribution is 5.90. The number of methoxy groups -OCH3 is 2. The first kappa shape index (κ1) is 21.4. The fraction of sp³-hybridized carbons (Fsp3) is 0.238. The molecular weight excluding hydrogens is 374 g/mol. The number of rotatable bonds is 7. The highest BCUT2D eigenvalue weighted by Crippen LogP contribution is 2.29. The van der Waals surface area contributed by atoms with Crippen LogP contribution in [0.4, 0.5) is 16.2 Å². The van der Waals surface area contributed by atoms with E-state index in [1.54, 1.807) is 49.6 Å². The summed E-state index contributed by atoms with van der Waals surface area (Å²) in [6, 6.07) is 11.7. The molecule has 0 fully saturated rings. The Labute approximate surface area is 169 Å². The molecule has 0 heterocycles. The third kappa shape index (κ3) is 7.34. The number of ether oxygens (including phenoxy) is 3. The summed E-state index contributed by atoms with van der Waals surface area (Å²) in [4.78, 5) is 23.0. The number of urea groups is 1. The average molecular weight is 397 g/mol. The van der Waals surface area contributed by atoms with E-state index in [0.717, 1.165) is 0 Å². The Balaban J connectivity index is 1.74. The average Bonchev–Trinajstić information content (AvgIpc) is 2.70. The van der Waals surface area contributed by atoms with Gasteiger partial charge in [0.25, 0.3) is 0 Å². The van der Waals surface area contributed by atoms with Crippen molar-refractivity contribution in [3.63, 3.8) is 0 Å². The van der Waals surface area contributed by atoms with Crippen LogP contribution < -0.4 is 30.2 Å². The maximum Gasteiger partial charge on any atom is 0.319 e. The molecule has 0 bridgehead atoms. The number of carbonyl (C=O) groups is 2. The van der Waals surface area contributed by atoms with Crippen molar-refractivity contribution < 1.29 is 23.8 Å². The lowest BCUT2D eigenvalue weighted by molar-refractivity contribution is -0.114. The van der Waals surface area contributed by atoms with Crippen LogP contribution in [0.1, 0.15) is 6.92 Å². The molecule has 0 aliphatic rings. The van der Waals surface area contributed by atoms with E-state index in [-0.39, 0.29) is 19.1 Å². The molecular formula is C21H23N3O5. The summed E-state index contributed by atoms with van der Waals surface area (Å²) in [5.41, 5.74) is 1.21. The summed E-state index contributed by atoms with van der Waals surface area (Å²) in [7, 11) is 3.06. The number of nitrogens with one attached hydrogen (secondary N) is 3. The summed E-state index contributed by atoms with van der Waals surface area (Å²) in [6.07, 6.45) is 0. The van der Waals surface area contributed by atoms with Crippen LogP contribution in [0.15, 0.2) is 42.5 Å². The number of carbonyl (C=O) groups excluding carboxylic acids is 2. The number of anilines is 2. The van der Waals surface area contributed by atoms with Gasteiger partial charge >= 0.3 is 6.03 Å². The van der Waals surface area contributed by atoms with E-state index in [9.17, 15) is 9.59 Å². The largest absolute Gasteiger partial charge is 0.493 e. The van der Waals surface area contributed by atoms with Crippen molar-refractivity contribution in [3.8, 4) is 29.1 Å². The Morgan fingerprint density at radius 2 is 1.69 bits per heavy atom. The van der Waals surface area contributed by atoms with E-state index in [2.05, 4.69) is 27.8 Å². The molecule has 29 heavy (non-hydrogen) atoms. The zero-order valence-corrected chi connectivity index (χ0v) is 16.5. The van der Waals surface area contributed by atoms with E-state index >= 15 is 0 Å². The quantitative estimate of drug-likeness (QED) is 0.624. The van der Waals surface area contributed by atoms with Crippen LogP contribution >= 0.6 is 0 Å². The molecule has 8 nitrogen and oxygen atoms in total. The summed E-state index contributed by atoms with van der Waals surface area (Å²) < 4.78 is 15.8. The number of benzene rings is 2. The van der Waals surface area contributed by atoms with Crippen LogP contribution in [-0.4, -0.2) is 39.3 Å². The lowest BCUT2D eigenvalue weighted by atomic mass is 10.3. The first-order valence-corrected chi connectivity index (χ1v) is 8.75. The smallest absolute Gasteiger partial charge is 0.319 e. The van der Waals surface area contributed by atoms with Crippen LogP contribution in [0.5, 0.6) is 17.2 Å². The summed E-state index contributed by atoms with van der Waals surface area (Å²) in [6.45, 7) is 1.75. The molecule has 2 aromatic rings. The van der Waals surface area contributed by atoms with Crippen molar-refractivity contribution in [2.24, 2.45) is 0 Å². The normalized spacial score (nSPS) is 9.48. The number of hydrogen-bond donors (Lipinski definition) is 3. The highest BCUT2D eigenvalue weighted by Gasteiger charge is 2.06. The molecule has 3 amide bonds. The van der Waals surface area contributed by atoms with Gasteiger partial charge in [-0.15, -0.1) is 0 Å². The van der Waals surface area contributed by atoms with Crippen LogP contribution in [0.3, 0.4) is 0 Å². The Morgan fingerprint density at radius 1 is 0.931 bits per heavy atom. The van der Waals surface area contributed by atoms with Crippen molar-refractivity contribution in [2.75, 3.05) is 38.0 Å². The van der Waals surface area contributed by atoms with Gasteiger partial charge in [-0.05, 0) is 24.3 Å². The SMILES string of the molecule is COc1ccc(NC(=O)NCC#CCOc2cccc(NC(C)=O)c2)cc1OC. The van der Waals surface area contributed by atoms with E-state index in [0.29, 0.717) is 28.6 Å². The second-order valence-corrected chi connectivity index (χ2v) is 5.73. The lowest BCUT2D eigenvalue weighted by Crippen LogP contribution is -2.28. The van der Waals surface area contributed by atoms with Crippen molar-refractivity contribution in [1.82, 2.24) is 5.32 Å². The molecule has 0 aliphatic heterocycles. The van der Waals surface area contributed by atoms with Crippen molar-refractivity contribution in [3.05, 3.63) is 42.5 Å². The van der Waals surface area contributed by atoms with Gasteiger partial charge in [-0.3, -0.25) is 4.79 Å². The Hall–Kier alpha value is -3.86. The molecule has 8 heteroatoms. The first-order valence-electron chi connectivity index (χ1n) is 8.75. The number of amides is 3. The summed E-state index contributed by atoms with van der Waals surface area (Å²) >= 11 is 0. The van der Waals surface area contributed by atoms with Gasteiger partial charge in [-0.2, -0.15) is 0 Å². The zero-order valence-electron chi connectivity index (χ0n) is 16.5. The predicted molar refractivity (Wildman–Crippen MR) is 111 cm³/mol. The molecule has 0 atom stereocenters. The Kier molecular flexibility index (Phi) is 8.20. The second kappa shape index (κ2) is 11.1. The monoisotopic (exact) mass is 397 g/mol. The molecule has 152 valence electrons. The molecule has 0 unspecified atom stereocenters. The maximum atomic E-state index is 11.9. The molecule has 2 rings (SSSR count). The zero-order chi connectivity index (χ0) is 21.1. The molecule has 0 saturated heterocycles. The van der Waals surface area contributed by atoms with E-state index < -0.39 is 6.03 Å². The third-order valence-electron chi connectivity index (χ3n) is 3.57. The second-order valence-electron chi connectivity index (χ2n) is 5.73. The van der Waals surface area contributed by atoms with Gasteiger partial charge in [0.15, 0.2) is 11.5 Å². The highest BCUT2D eigenvalue weighted by atomic mass is 16.5. The van der Waals surface area contributed by atoms with Gasteiger partial charge in [-0.1, -0.05) is 17.9 Å². The number of hydrogen-bond acceptors (Lipinski definition) is 5. The minimum Gasteiger partial charge on any atom is -0.493 e. The van der Waals surface area contributed by atoms with Gasteiger partial charge in [0.1, 0.15) is 12.4 Å². The van der Waals surface area contributed by atoms with Gasteiger partial charge in [0, 0.05) is 30.4 Å². The van der Waals surface area contributed by atoms with E-state index in [1.165, 1.54) is 14.0 Å². The van der Waals surface area contributed by atoms with E-state index in [1.807, 2.05) is 0 Å². The topological polar surface area (TPSA) is 97.9 Å². The summed E-state index contributed by atoms with van der Waals surface area (Å²) in [5.74, 6) is 7.14. The van der Waals surface area contributed by atoms with Crippen molar-refractivity contribution in [2.45, 2.75) is 6.92 Å². The molecule has 0 aliphatic carbocycles. The lowest BCUT2D eigenvalue weighted by Gasteiger charge is -2.10. The first-order chi connectivity index (χ1) is 14.0. The minimum atomic E-state index is -0.393. The van der Waals surface area contributed by atoms with Crippen molar-refractivity contribution in [1.29, 1.82) is 0 Å². The maximum absolute atomic E-state index is 11.9. The van der Waals surface area contributed by atoms with E-state index in [4.69, 9.17) is 14.2 Å². The van der Waals surface area contributed by atoms with Gasteiger partial charge < -0.3 is 30.2 Å². The molecule has 0 saturated carbocycles. The standard InChI is InChI=1S/C21H23N3O5/c1-15(25)23-16-7-6-8-18(13-16)29-12-5-4-11-22-21(26)24-17-9-10-19(27-2)20(14-17)28-3/h6-10,13-14H,11-12H2,1-3H3,(H,23,25)(H2,22,24,26). The van der Waals surface area contributed by atoms with Crippen LogP contribution in [-0.2, 0) is 4.79 Å².